The number of piperidine rings is 1. The second kappa shape index (κ2) is 4.83. The number of anilines is 1. The van der Waals surface area contributed by atoms with E-state index in [1.807, 2.05) is 24.8 Å². The molecule has 5 rings (SSSR count). The van der Waals surface area contributed by atoms with Crippen LogP contribution in [-0.4, -0.2) is 40.5 Å². The highest BCUT2D eigenvalue weighted by molar-refractivity contribution is 9.10. The highest BCUT2D eigenvalue weighted by atomic mass is 79.9. The van der Waals surface area contributed by atoms with Crippen LogP contribution in [0.1, 0.15) is 38.8 Å². The molecule has 4 aliphatic rings. The van der Waals surface area contributed by atoms with E-state index in [9.17, 15) is 10.1 Å². The minimum absolute atomic E-state index is 0.0979. The number of aromatic nitrogens is 1. The van der Waals surface area contributed by atoms with Gasteiger partial charge in [-0.15, -0.1) is 0 Å². The lowest BCUT2D eigenvalue weighted by Crippen LogP contribution is -2.64. The Balaban J connectivity index is 1.43. The van der Waals surface area contributed by atoms with E-state index >= 15 is 0 Å². The molecule has 0 N–H and O–H groups in total. The second-order valence-corrected chi connectivity index (χ2v) is 9.60. The number of hydrogen-bond acceptors (Lipinski definition) is 4. The van der Waals surface area contributed by atoms with Gasteiger partial charge in [-0.05, 0) is 54.1 Å². The highest BCUT2D eigenvalue weighted by Gasteiger charge is 2.60. The second-order valence-electron chi connectivity index (χ2n) is 8.69. The van der Waals surface area contributed by atoms with Gasteiger partial charge >= 0.3 is 0 Å². The fourth-order valence-electron chi connectivity index (χ4n) is 5.04. The van der Waals surface area contributed by atoms with Crippen molar-refractivity contribution in [3.8, 4) is 6.07 Å². The number of carbonyl (C=O) groups excluding carboxylic acids is 1. The van der Waals surface area contributed by atoms with E-state index in [4.69, 9.17) is 0 Å². The summed E-state index contributed by atoms with van der Waals surface area (Å²) in [6, 6.07) is 4.68. The van der Waals surface area contributed by atoms with Crippen molar-refractivity contribution in [1.29, 1.82) is 5.26 Å². The fraction of sp³-hybridized carbons (Fsp3) is 0.632. The van der Waals surface area contributed by atoms with Gasteiger partial charge in [0.25, 0.3) is 0 Å². The van der Waals surface area contributed by atoms with Crippen LogP contribution in [0.4, 0.5) is 5.69 Å². The number of fused-ring (bicyclic) bond motifs is 2. The van der Waals surface area contributed by atoms with Gasteiger partial charge in [0.05, 0.1) is 22.9 Å². The zero-order valence-corrected chi connectivity index (χ0v) is 16.1. The Kier molecular flexibility index (Phi) is 3.05. The van der Waals surface area contributed by atoms with Crippen molar-refractivity contribution in [3.05, 3.63) is 22.4 Å². The van der Waals surface area contributed by atoms with Crippen LogP contribution >= 0.6 is 15.9 Å². The van der Waals surface area contributed by atoms with Crippen LogP contribution in [0, 0.1) is 23.2 Å². The van der Waals surface area contributed by atoms with E-state index in [0.29, 0.717) is 0 Å². The van der Waals surface area contributed by atoms with Crippen LogP contribution < -0.4 is 4.90 Å². The largest absolute Gasteiger partial charge is 0.306 e. The molecule has 1 amide bonds. The van der Waals surface area contributed by atoms with Gasteiger partial charge in [0.1, 0.15) is 5.54 Å². The fourth-order valence-corrected chi connectivity index (χ4v) is 5.36. The maximum absolute atomic E-state index is 13.1. The molecule has 1 saturated heterocycles. The van der Waals surface area contributed by atoms with Crippen molar-refractivity contribution in [1.82, 2.24) is 9.88 Å². The minimum Gasteiger partial charge on any atom is -0.306 e. The number of carbonyl (C=O) groups is 1. The van der Waals surface area contributed by atoms with Crippen LogP contribution in [0.5, 0.6) is 0 Å². The first-order valence-electron chi connectivity index (χ1n) is 9.02. The molecule has 0 radical (unpaired) electrons. The molecule has 2 aliphatic carbocycles. The Morgan fingerprint density at radius 2 is 2.00 bits per heavy atom. The third-order valence-electron chi connectivity index (χ3n) is 6.74. The first-order chi connectivity index (χ1) is 11.9. The average molecular weight is 401 g/mol. The van der Waals surface area contributed by atoms with Crippen LogP contribution in [0.3, 0.4) is 0 Å². The standard InChI is InChI=1S/C19H21BrN4O/c1-18(2)16-15(4-13(20)7-22-16)24(17(18)25)14-5-19(6-14,10-21)23-8-11-3-12(11)9-23/h4,7,11-12,14H,3,5-6,8-9H2,1-2H3. The van der Waals surface area contributed by atoms with Crippen molar-refractivity contribution in [2.75, 3.05) is 18.0 Å². The Labute approximate surface area is 156 Å². The molecule has 0 spiro atoms. The van der Waals surface area contributed by atoms with Gasteiger partial charge in [0.15, 0.2) is 0 Å². The first-order valence-corrected chi connectivity index (χ1v) is 9.81. The SMILES string of the molecule is CC1(C)C(=O)N(C2CC(C#N)(N3CC4CC4C3)C2)c2cc(Br)cnc21. The summed E-state index contributed by atoms with van der Waals surface area (Å²) in [5, 5.41) is 9.85. The van der Waals surface area contributed by atoms with Crippen molar-refractivity contribution < 1.29 is 4.79 Å². The predicted octanol–water partition coefficient (Wildman–Crippen LogP) is 2.84. The summed E-state index contributed by atoms with van der Waals surface area (Å²) in [4.78, 5) is 21.9. The van der Waals surface area contributed by atoms with Crippen molar-refractivity contribution >= 4 is 27.5 Å². The first kappa shape index (κ1) is 15.8. The van der Waals surface area contributed by atoms with Crippen LogP contribution in [-0.2, 0) is 10.2 Å². The third kappa shape index (κ3) is 2.03. The zero-order chi connectivity index (χ0) is 17.6. The van der Waals surface area contributed by atoms with Gasteiger partial charge in [-0.25, -0.2) is 0 Å². The third-order valence-corrected chi connectivity index (χ3v) is 7.18. The van der Waals surface area contributed by atoms with E-state index in [1.54, 1.807) is 6.20 Å². The molecule has 0 aromatic carbocycles. The van der Waals surface area contributed by atoms with Gasteiger partial charge in [-0.3, -0.25) is 14.7 Å². The molecule has 6 heteroatoms. The molecule has 1 aromatic rings. The number of pyridine rings is 1. The predicted molar refractivity (Wildman–Crippen MR) is 97.0 cm³/mol. The lowest BCUT2D eigenvalue weighted by Gasteiger charge is -2.51. The highest BCUT2D eigenvalue weighted by Crippen LogP contribution is 2.53. The molecule has 25 heavy (non-hydrogen) atoms. The summed E-state index contributed by atoms with van der Waals surface area (Å²) >= 11 is 3.48. The van der Waals surface area contributed by atoms with Crippen LogP contribution in [0.15, 0.2) is 16.7 Å². The summed E-state index contributed by atoms with van der Waals surface area (Å²) in [5.41, 5.74) is 0.781. The van der Waals surface area contributed by atoms with Crippen molar-refractivity contribution in [2.45, 2.75) is 50.1 Å². The number of likely N-dealkylation sites (tertiary alicyclic amines) is 1. The molecule has 2 atom stereocenters. The maximum atomic E-state index is 13.1. The molecule has 1 aromatic heterocycles. The van der Waals surface area contributed by atoms with Crippen molar-refractivity contribution in [3.63, 3.8) is 0 Å². The summed E-state index contributed by atoms with van der Waals surface area (Å²) < 4.78 is 0.882. The lowest BCUT2D eigenvalue weighted by molar-refractivity contribution is -0.123. The molecule has 130 valence electrons. The van der Waals surface area contributed by atoms with E-state index in [0.717, 1.165) is 53.6 Å². The van der Waals surface area contributed by atoms with Gasteiger partial charge in [0, 0.05) is 42.6 Å². The molecule has 5 nitrogen and oxygen atoms in total. The maximum Gasteiger partial charge on any atom is 0.239 e. The molecular weight excluding hydrogens is 380 g/mol. The van der Waals surface area contributed by atoms with Crippen LogP contribution in [0.2, 0.25) is 0 Å². The minimum atomic E-state index is -0.601. The normalized spacial score (nSPS) is 38.1. The number of hydrogen-bond donors (Lipinski definition) is 0. The summed E-state index contributed by atoms with van der Waals surface area (Å²) in [6.07, 6.45) is 4.59. The molecule has 3 fully saturated rings. The molecule has 2 saturated carbocycles. The van der Waals surface area contributed by atoms with E-state index in [2.05, 4.69) is 31.9 Å². The van der Waals surface area contributed by atoms with Gasteiger partial charge in [0.2, 0.25) is 5.91 Å². The topological polar surface area (TPSA) is 60.2 Å². The Morgan fingerprint density at radius 3 is 2.64 bits per heavy atom. The average Bonchev–Trinajstić information content (AvgIpc) is 3.09. The summed E-state index contributed by atoms with van der Waals surface area (Å²) in [6.45, 7) is 6.01. The number of nitrogens with zero attached hydrogens (tertiary/aromatic N) is 4. The quantitative estimate of drug-likeness (QED) is 0.765. The smallest absolute Gasteiger partial charge is 0.239 e. The Hall–Kier alpha value is -1.45. The summed E-state index contributed by atoms with van der Waals surface area (Å²) in [7, 11) is 0. The van der Waals surface area contributed by atoms with Gasteiger partial charge in [-0.2, -0.15) is 5.26 Å². The van der Waals surface area contributed by atoms with E-state index in [-0.39, 0.29) is 17.5 Å². The number of nitriles is 1. The lowest BCUT2D eigenvalue weighted by atomic mass is 9.71. The molecule has 2 unspecified atom stereocenters. The zero-order valence-electron chi connectivity index (χ0n) is 14.5. The van der Waals surface area contributed by atoms with E-state index in [1.165, 1.54) is 6.42 Å². The van der Waals surface area contributed by atoms with Crippen molar-refractivity contribution in [2.24, 2.45) is 11.8 Å². The number of halogens is 1. The molecule has 0 bridgehead atoms. The summed E-state index contributed by atoms with van der Waals surface area (Å²) in [5.74, 6) is 1.74. The van der Waals surface area contributed by atoms with E-state index < -0.39 is 5.41 Å². The number of rotatable bonds is 2. The molecular formula is C19H21BrN4O. The Bertz CT molecular complexity index is 813. The Morgan fingerprint density at radius 1 is 1.32 bits per heavy atom. The van der Waals surface area contributed by atoms with Gasteiger partial charge in [-0.1, -0.05) is 0 Å². The molecule has 3 heterocycles. The molecule has 2 aliphatic heterocycles. The number of amides is 1. The monoisotopic (exact) mass is 400 g/mol. The van der Waals surface area contributed by atoms with Gasteiger partial charge < -0.3 is 4.90 Å². The van der Waals surface area contributed by atoms with Crippen LogP contribution in [0.25, 0.3) is 0 Å².